The molecule has 0 saturated heterocycles. The number of aryl methyl sites for hydroxylation is 1. The SMILES string of the molecule is CC(C)(N)CC(=O)NCCCn1ccnn1. The minimum Gasteiger partial charge on any atom is -0.356 e. The van der Waals surface area contributed by atoms with Gasteiger partial charge in [-0.15, -0.1) is 5.10 Å². The van der Waals surface area contributed by atoms with Crippen LogP contribution in [0.15, 0.2) is 12.4 Å². The van der Waals surface area contributed by atoms with Crippen LogP contribution < -0.4 is 11.1 Å². The third-order valence-corrected chi connectivity index (χ3v) is 1.97. The van der Waals surface area contributed by atoms with Crippen LogP contribution in [-0.2, 0) is 11.3 Å². The number of hydrogen-bond acceptors (Lipinski definition) is 4. The van der Waals surface area contributed by atoms with Gasteiger partial charge in [0.2, 0.25) is 5.91 Å². The highest BCUT2D eigenvalue weighted by molar-refractivity contribution is 5.76. The molecular weight excluding hydrogens is 206 g/mol. The number of carbonyl (C=O) groups is 1. The van der Waals surface area contributed by atoms with Gasteiger partial charge in [0, 0.05) is 31.2 Å². The predicted molar refractivity (Wildman–Crippen MR) is 60.5 cm³/mol. The monoisotopic (exact) mass is 225 g/mol. The molecular formula is C10H19N5O. The van der Waals surface area contributed by atoms with Crippen molar-refractivity contribution in [3.05, 3.63) is 12.4 Å². The van der Waals surface area contributed by atoms with Crippen LogP contribution in [0.25, 0.3) is 0 Å². The molecule has 0 fully saturated rings. The summed E-state index contributed by atoms with van der Waals surface area (Å²) in [5.74, 6) is -0.00825. The van der Waals surface area contributed by atoms with Crippen LogP contribution in [0.4, 0.5) is 0 Å². The molecule has 1 aromatic rings. The van der Waals surface area contributed by atoms with Gasteiger partial charge >= 0.3 is 0 Å². The summed E-state index contributed by atoms with van der Waals surface area (Å²) in [5.41, 5.74) is 5.29. The first-order valence-electron chi connectivity index (χ1n) is 5.37. The highest BCUT2D eigenvalue weighted by Crippen LogP contribution is 2.02. The number of nitrogens with two attached hydrogens (primary N) is 1. The summed E-state index contributed by atoms with van der Waals surface area (Å²) in [7, 11) is 0. The zero-order valence-electron chi connectivity index (χ0n) is 9.81. The predicted octanol–water partition coefficient (Wildman–Crippen LogP) is -0.0882. The number of aromatic nitrogens is 3. The van der Waals surface area contributed by atoms with E-state index < -0.39 is 5.54 Å². The molecule has 0 aromatic carbocycles. The molecule has 6 nitrogen and oxygen atoms in total. The highest BCUT2D eigenvalue weighted by atomic mass is 16.1. The Balaban J connectivity index is 2.09. The van der Waals surface area contributed by atoms with E-state index in [0.29, 0.717) is 13.0 Å². The van der Waals surface area contributed by atoms with Crippen LogP contribution >= 0.6 is 0 Å². The lowest BCUT2D eigenvalue weighted by Gasteiger charge is -2.17. The minimum atomic E-state index is -0.448. The fourth-order valence-electron chi connectivity index (χ4n) is 1.30. The van der Waals surface area contributed by atoms with E-state index in [1.54, 1.807) is 17.1 Å². The third-order valence-electron chi connectivity index (χ3n) is 1.97. The first kappa shape index (κ1) is 12.6. The molecule has 1 aromatic heterocycles. The van der Waals surface area contributed by atoms with Gasteiger partial charge in [-0.1, -0.05) is 5.21 Å². The van der Waals surface area contributed by atoms with Gasteiger partial charge in [0.15, 0.2) is 0 Å². The van der Waals surface area contributed by atoms with Crippen LogP contribution in [0.3, 0.4) is 0 Å². The second kappa shape index (κ2) is 5.60. The smallest absolute Gasteiger partial charge is 0.221 e. The van der Waals surface area contributed by atoms with Gasteiger partial charge in [-0.25, -0.2) is 0 Å². The molecule has 90 valence electrons. The van der Waals surface area contributed by atoms with E-state index in [0.717, 1.165) is 13.0 Å². The number of nitrogens with one attached hydrogen (secondary N) is 1. The van der Waals surface area contributed by atoms with Crippen molar-refractivity contribution in [2.45, 2.75) is 38.8 Å². The molecule has 3 N–H and O–H groups in total. The largest absolute Gasteiger partial charge is 0.356 e. The molecule has 0 atom stereocenters. The fraction of sp³-hybridized carbons (Fsp3) is 0.700. The van der Waals surface area contributed by atoms with Crippen molar-refractivity contribution in [1.82, 2.24) is 20.3 Å². The molecule has 0 aliphatic rings. The number of amides is 1. The summed E-state index contributed by atoms with van der Waals surface area (Å²) >= 11 is 0. The molecule has 1 heterocycles. The molecule has 6 heteroatoms. The first-order valence-corrected chi connectivity index (χ1v) is 5.37. The maximum atomic E-state index is 11.4. The van der Waals surface area contributed by atoms with E-state index in [1.165, 1.54) is 0 Å². The molecule has 0 saturated carbocycles. The summed E-state index contributed by atoms with van der Waals surface area (Å²) in [6.45, 7) is 5.06. The topological polar surface area (TPSA) is 85.8 Å². The fourth-order valence-corrected chi connectivity index (χ4v) is 1.30. The molecule has 0 aliphatic carbocycles. The van der Waals surface area contributed by atoms with E-state index in [-0.39, 0.29) is 5.91 Å². The Morgan fingerprint density at radius 2 is 2.31 bits per heavy atom. The van der Waals surface area contributed by atoms with Crippen molar-refractivity contribution in [2.75, 3.05) is 6.54 Å². The molecule has 0 radical (unpaired) electrons. The van der Waals surface area contributed by atoms with Crippen LogP contribution in [0, 0.1) is 0 Å². The molecule has 0 bridgehead atoms. The average Bonchev–Trinajstić information content (AvgIpc) is 2.62. The minimum absolute atomic E-state index is 0.00825. The Morgan fingerprint density at radius 3 is 2.88 bits per heavy atom. The van der Waals surface area contributed by atoms with Gasteiger partial charge in [0.25, 0.3) is 0 Å². The average molecular weight is 225 g/mol. The van der Waals surface area contributed by atoms with E-state index in [2.05, 4.69) is 15.6 Å². The van der Waals surface area contributed by atoms with Crippen molar-refractivity contribution in [3.8, 4) is 0 Å². The normalized spacial score (nSPS) is 11.4. The molecule has 1 amide bonds. The maximum Gasteiger partial charge on any atom is 0.221 e. The van der Waals surface area contributed by atoms with Gasteiger partial charge in [-0.2, -0.15) is 0 Å². The molecule has 0 aliphatic heterocycles. The van der Waals surface area contributed by atoms with Gasteiger partial charge in [-0.3, -0.25) is 9.48 Å². The van der Waals surface area contributed by atoms with E-state index >= 15 is 0 Å². The van der Waals surface area contributed by atoms with Crippen molar-refractivity contribution in [2.24, 2.45) is 5.73 Å². The summed E-state index contributed by atoms with van der Waals surface area (Å²) in [4.78, 5) is 11.4. The number of hydrogen-bond donors (Lipinski definition) is 2. The van der Waals surface area contributed by atoms with Crippen LogP contribution in [0.5, 0.6) is 0 Å². The Hall–Kier alpha value is -1.43. The van der Waals surface area contributed by atoms with Crippen LogP contribution in [0.1, 0.15) is 26.7 Å². The number of rotatable bonds is 6. The second-order valence-electron chi connectivity index (χ2n) is 4.53. The van der Waals surface area contributed by atoms with Gasteiger partial charge < -0.3 is 11.1 Å². The molecule has 0 spiro atoms. The van der Waals surface area contributed by atoms with Crippen molar-refractivity contribution < 1.29 is 4.79 Å². The Labute approximate surface area is 95.2 Å². The van der Waals surface area contributed by atoms with E-state index in [4.69, 9.17) is 5.73 Å². The lowest BCUT2D eigenvalue weighted by molar-refractivity contribution is -0.122. The van der Waals surface area contributed by atoms with Crippen molar-refractivity contribution in [3.63, 3.8) is 0 Å². The summed E-state index contributed by atoms with van der Waals surface area (Å²) in [6.07, 6.45) is 4.61. The maximum absolute atomic E-state index is 11.4. The van der Waals surface area contributed by atoms with Gasteiger partial charge in [-0.05, 0) is 20.3 Å². The molecule has 1 rings (SSSR count). The standard InChI is InChI=1S/C10H19N5O/c1-10(2,11)8-9(16)12-4-3-6-15-7-5-13-14-15/h5,7H,3-4,6,8,11H2,1-2H3,(H,12,16). The van der Waals surface area contributed by atoms with Crippen LogP contribution in [0.2, 0.25) is 0 Å². The summed E-state index contributed by atoms with van der Waals surface area (Å²) < 4.78 is 1.74. The van der Waals surface area contributed by atoms with Crippen LogP contribution in [-0.4, -0.2) is 33.0 Å². The number of carbonyl (C=O) groups excluding carboxylic acids is 1. The van der Waals surface area contributed by atoms with Gasteiger partial charge in [0.1, 0.15) is 0 Å². The molecule has 0 unspecified atom stereocenters. The lowest BCUT2D eigenvalue weighted by Crippen LogP contribution is -2.39. The number of nitrogens with zero attached hydrogens (tertiary/aromatic N) is 3. The quantitative estimate of drug-likeness (QED) is 0.663. The van der Waals surface area contributed by atoms with E-state index in [1.807, 2.05) is 13.8 Å². The zero-order valence-corrected chi connectivity index (χ0v) is 9.81. The van der Waals surface area contributed by atoms with Gasteiger partial charge in [0.05, 0.1) is 6.20 Å². The van der Waals surface area contributed by atoms with Crippen molar-refractivity contribution >= 4 is 5.91 Å². The molecule has 16 heavy (non-hydrogen) atoms. The van der Waals surface area contributed by atoms with E-state index in [9.17, 15) is 4.79 Å². The Kier molecular flexibility index (Phi) is 4.42. The lowest BCUT2D eigenvalue weighted by atomic mass is 10.0. The first-order chi connectivity index (χ1) is 7.47. The summed E-state index contributed by atoms with van der Waals surface area (Å²) in [6, 6.07) is 0. The zero-order chi connectivity index (χ0) is 12.0. The third kappa shape index (κ3) is 5.45. The Morgan fingerprint density at radius 1 is 1.56 bits per heavy atom. The highest BCUT2D eigenvalue weighted by Gasteiger charge is 2.15. The van der Waals surface area contributed by atoms with Crippen molar-refractivity contribution in [1.29, 1.82) is 0 Å². The second-order valence-corrected chi connectivity index (χ2v) is 4.53. The summed E-state index contributed by atoms with van der Waals surface area (Å²) in [5, 5.41) is 10.3. The Bertz CT molecular complexity index is 314.